The zero-order valence-electron chi connectivity index (χ0n) is 9.68. The molecule has 0 radical (unpaired) electrons. The summed E-state index contributed by atoms with van der Waals surface area (Å²) in [7, 11) is 0. The molecule has 88 valence electrons. The van der Waals surface area contributed by atoms with Gasteiger partial charge in [0.2, 0.25) is 0 Å². The fraction of sp³-hybridized carbons (Fsp3) is 0.538. The highest BCUT2D eigenvalue weighted by Crippen LogP contribution is 2.32. The maximum Gasteiger partial charge on any atom is 0.127 e. The molecule has 1 aliphatic heterocycles. The summed E-state index contributed by atoms with van der Waals surface area (Å²) in [4.78, 5) is 0. The van der Waals surface area contributed by atoms with Crippen LogP contribution >= 0.6 is 11.6 Å². The summed E-state index contributed by atoms with van der Waals surface area (Å²) in [6.07, 6.45) is 3.42. The Balaban J connectivity index is 2.03. The maximum absolute atomic E-state index is 6.09. The summed E-state index contributed by atoms with van der Waals surface area (Å²) in [6.45, 7) is 4.89. The van der Waals surface area contributed by atoms with Crippen LogP contribution in [0.4, 0.5) is 0 Å². The molecule has 1 aromatic carbocycles. The third-order valence-corrected chi connectivity index (χ3v) is 3.07. The van der Waals surface area contributed by atoms with E-state index in [9.17, 15) is 0 Å². The zero-order chi connectivity index (χ0) is 11.4. The first kappa shape index (κ1) is 11.7. The average Bonchev–Trinajstić information content (AvgIpc) is 2.72. The van der Waals surface area contributed by atoms with Crippen molar-refractivity contribution >= 4 is 11.6 Å². The number of ether oxygens (including phenoxy) is 1. The first-order valence-electron chi connectivity index (χ1n) is 5.96. The molecule has 1 N–H and O–H groups in total. The predicted molar refractivity (Wildman–Crippen MR) is 67.3 cm³/mol. The highest BCUT2D eigenvalue weighted by molar-refractivity contribution is 6.30. The number of halogens is 1. The first-order chi connectivity index (χ1) is 7.81. The molecule has 1 heterocycles. The van der Waals surface area contributed by atoms with Gasteiger partial charge in [-0.1, -0.05) is 24.9 Å². The molecule has 1 aromatic rings. The van der Waals surface area contributed by atoms with Crippen LogP contribution in [0.1, 0.15) is 30.9 Å². The van der Waals surface area contributed by atoms with Crippen LogP contribution in [0.2, 0.25) is 5.02 Å². The molecule has 0 atom stereocenters. The lowest BCUT2D eigenvalue weighted by Crippen LogP contribution is -2.15. The topological polar surface area (TPSA) is 21.3 Å². The van der Waals surface area contributed by atoms with Crippen LogP contribution in [0.25, 0.3) is 0 Å². The second kappa shape index (κ2) is 5.55. The Kier molecular flexibility index (Phi) is 4.08. The fourth-order valence-corrected chi connectivity index (χ4v) is 2.27. The van der Waals surface area contributed by atoms with E-state index in [4.69, 9.17) is 16.3 Å². The first-order valence-corrected chi connectivity index (χ1v) is 6.34. The van der Waals surface area contributed by atoms with E-state index >= 15 is 0 Å². The van der Waals surface area contributed by atoms with Gasteiger partial charge in [0, 0.05) is 23.6 Å². The monoisotopic (exact) mass is 239 g/mol. The van der Waals surface area contributed by atoms with Gasteiger partial charge in [-0.25, -0.2) is 0 Å². The molecule has 0 fully saturated rings. The van der Waals surface area contributed by atoms with E-state index in [2.05, 4.69) is 12.2 Å². The Labute approximate surface area is 102 Å². The van der Waals surface area contributed by atoms with Crippen LogP contribution in [-0.4, -0.2) is 13.2 Å². The van der Waals surface area contributed by atoms with Crippen LogP contribution in [0.3, 0.4) is 0 Å². The molecule has 2 nitrogen and oxygen atoms in total. The third kappa shape index (κ3) is 2.69. The Bertz CT molecular complexity index is 365. The molecule has 1 aliphatic rings. The van der Waals surface area contributed by atoms with Gasteiger partial charge in [-0.2, -0.15) is 0 Å². The molecule has 0 spiro atoms. The Morgan fingerprint density at radius 3 is 3.12 bits per heavy atom. The number of hydrogen-bond acceptors (Lipinski definition) is 2. The highest BCUT2D eigenvalue weighted by atomic mass is 35.5. The van der Waals surface area contributed by atoms with Crippen molar-refractivity contribution in [1.29, 1.82) is 0 Å². The van der Waals surface area contributed by atoms with Crippen molar-refractivity contribution in [2.45, 2.75) is 32.7 Å². The number of unbranched alkanes of at least 4 members (excludes halogenated alkanes) is 1. The Morgan fingerprint density at radius 1 is 1.44 bits per heavy atom. The second-order valence-corrected chi connectivity index (χ2v) is 4.62. The van der Waals surface area contributed by atoms with Crippen molar-refractivity contribution in [3.63, 3.8) is 0 Å². The Morgan fingerprint density at radius 2 is 2.31 bits per heavy atom. The summed E-state index contributed by atoms with van der Waals surface area (Å²) >= 11 is 6.09. The molecular formula is C13H18ClNO. The van der Waals surface area contributed by atoms with Gasteiger partial charge >= 0.3 is 0 Å². The van der Waals surface area contributed by atoms with Gasteiger partial charge in [0.1, 0.15) is 5.75 Å². The van der Waals surface area contributed by atoms with Crippen molar-refractivity contribution in [3.05, 3.63) is 28.3 Å². The van der Waals surface area contributed by atoms with Gasteiger partial charge in [0.15, 0.2) is 0 Å². The molecule has 0 aromatic heterocycles. The molecule has 2 rings (SSSR count). The molecule has 0 saturated carbocycles. The smallest absolute Gasteiger partial charge is 0.127 e. The molecule has 16 heavy (non-hydrogen) atoms. The molecule has 0 saturated heterocycles. The van der Waals surface area contributed by atoms with Crippen LogP contribution in [0, 0.1) is 0 Å². The lowest BCUT2D eigenvalue weighted by Gasteiger charge is -2.09. The summed E-state index contributed by atoms with van der Waals surface area (Å²) in [5.74, 6) is 1.05. The highest BCUT2D eigenvalue weighted by Gasteiger charge is 2.16. The summed E-state index contributed by atoms with van der Waals surface area (Å²) in [5, 5.41) is 4.24. The summed E-state index contributed by atoms with van der Waals surface area (Å²) in [5.41, 5.74) is 2.44. The minimum atomic E-state index is 0.789. The molecule has 0 aliphatic carbocycles. The minimum absolute atomic E-state index is 0.789. The van der Waals surface area contributed by atoms with E-state index in [0.717, 1.165) is 36.9 Å². The van der Waals surface area contributed by atoms with Gasteiger partial charge in [0.25, 0.3) is 0 Å². The van der Waals surface area contributed by atoms with E-state index in [1.807, 2.05) is 12.1 Å². The largest absolute Gasteiger partial charge is 0.493 e. The summed E-state index contributed by atoms with van der Waals surface area (Å²) < 4.78 is 5.64. The minimum Gasteiger partial charge on any atom is -0.493 e. The van der Waals surface area contributed by atoms with E-state index in [1.165, 1.54) is 24.0 Å². The van der Waals surface area contributed by atoms with E-state index in [0.29, 0.717) is 0 Å². The van der Waals surface area contributed by atoms with Crippen molar-refractivity contribution in [2.24, 2.45) is 0 Å². The molecule has 0 bridgehead atoms. The van der Waals surface area contributed by atoms with Crippen LogP contribution in [0.5, 0.6) is 5.75 Å². The summed E-state index contributed by atoms with van der Waals surface area (Å²) in [6, 6.07) is 4.02. The van der Waals surface area contributed by atoms with Gasteiger partial charge in [-0.3, -0.25) is 0 Å². The quantitative estimate of drug-likeness (QED) is 0.797. The maximum atomic E-state index is 6.09. The zero-order valence-corrected chi connectivity index (χ0v) is 10.4. The standard InChI is InChI=1S/C13H18ClNO/c1-2-3-5-15-9-11-8-12(14)7-10-4-6-16-13(10)11/h7-8,15H,2-6,9H2,1H3. The predicted octanol–water partition coefficient (Wildman–Crippen LogP) is 3.16. The van der Waals surface area contributed by atoms with Gasteiger partial charge in [-0.15, -0.1) is 0 Å². The molecular weight excluding hydrogens is 222 g/mol. The normalized spacial score (nSPS) is 13.6. The van der Waals surface area contributed by atoms with Gasteiger partial charge in [0.05, 0.1) is 6.61 Å². The average molecular weight is 240 g/mol. The van der Waals surface area contributed by atoms with E-state index in [1.54, 1.807) is 0 Å². The van der Waals surface area contributed by atoms with Crippen LogP contribution in [0.15, 0.2) is 12.1 Å². The number of benzene rings is 1. The number of hydrogen-bond donors (Lipinski definition) is 1. The van der Waals surface area contributed by atoms with Gasteiger partial charge < -0.3 is 10.1 Å². The van der Waals surface area contributed by atoms with E-state index < -0.39 is 0 Å². The second-order valence-electron chi connectivity index (χ2n) is 4.18. The third-order valence-electron chi connectivity index (χ3n) is 2.85. The van der Waals surface area contributed by atoms with Crippen molar-refractivity contribution in [2.75, 3.05) is 13.2 Å². The van der Waals surface area contributed by atoms with Gasteiger partial charge in [-0.05, 0) is 30.7 Å². The Hall–Kier alpha value is -0.730. The van der Waals surface area contributed by atoms with Crippen LogP contribution < -0.4 is 10.1 Å². The molecule has 0 amide bonds. The van der Waals surface area contributed by atoms with Crippen molar-refractivity contribution in [1.82, 2.24) is 5.32 Å². The number of nitrogens with one attached hydrogen (secondary N) is 1. The lowest BCUT2D eigenvalue weighted by molar-refractivity contribution is 0.352. The fourth-order valence-electron chi connectivity index (χ4n) is 2.00. The molecule has 0 unspecified atom stereocenters. The number of rotatable bonds is 5. The SMILES string of the molecule is CCCCNCc1cc(Cl)cc2c1OCC2. The molecule has 3 heteroatoms. The lowest BCUT2D eigenvalue weighted by atomic mass is 10.1. The van der Waals surface area contributed by atoms with Crippen molar-refractivity contribution < 1.29 is 4.74 Å². The van der Waals surface area contributed by atoms with Crippen LogP contribution in [-0.2, 0) is 13.0 Å². The van der Waals surface area contributed by atoms with Crippen molar-refractivity contribution in [3.8, 4) is 5.75 Å². The number of fused-ring (bicyclic) bond motifs is 1. The van der Waals surface area contributed by atoms with E-state index in [-0.39, 0.29) is 0 Å².